The zero-order chi connectivity index (χ0) is 18.2. The van der Waals surface area contributed by atoms with Gasteiger partial charge in [0.25, 0.3) is 5.91 Å². The van der Waals surface area contributed by atoms with Gasteiger partial charge in [-0.2, -0.15) is 0 Å². The van der Waals surface area contributed by atoms with Crippen LogP contribution in [0.25, 0.3) is 0 Å². The summed E-state index contributed by atoms with van der Waals surface area (Å²) in [7, 11) is 1.58. The molecule has 0 bridgehead atoms. The van der Waals surface area contributed by atoms with E-state index in [-0.39, 0.29) is 18.1 Å². The number of para-hydroxylation sites is 2. The SMILES string of the molecule is C[C@H](N)C(=O)C1(N)C(=O)N(C)c2ccccc2N=C1c1ccccc1.Cl. The minimum atomic E-state index is -1.96. The van der Waals surface area contributed by atoms with E-state index in [2.05, 4.69) is 4.99 Å². The summed E-state index contributed by atoms with van der Waals surface area (Å²) in [6.07, 6.45) is 0. The van der Waals surface area contributed by atoms with Gasteiger partial charge < -0.3 is 16.4 Å². The number of nitrogens with zero attached hydrogens (tertiary/aromatic N) is 2. The third kappa shape index (κ3) is 3.03. The Hall–Kier alpha value is -2.54. The first-order chi connectivity index (χ1) is 11.9. The highest BCUT2D eigenvalue weighted by Crippen LogP contribution is 2.34. The molecule has 2 aromatic rings. The highest BCUT2D eigenvalue weighted by atomic mass is 35.5. The second kappa shape index (κ2) is 7.37. The first kappa shape index (κ1) is 19.8. The lowest BCUT2D eigenvalue weighted by molar-refractivity contribution is -0.131. The number of hydrogen-bond donors (Lipinski definition) is 2. The molecule has 0 saturated heterocycles. The van der Waals surface area contributed by atoms with E-state index in [0.717, 1.165) is 0 Å². The molecule has 2 aromatic carbocycles. The predicted molar refractivity (Wildman–Crippen MR) is 105 cm³/mol. The summed E-state index contributed by atoms with van der Waals surface area (Å²) in [6.45, 7) is 1.52. The highest BCUT2D eigenvalue weighted by molar-refractivity contribution is 6.39. The summed E-state index contributed by atoms with van der Waals surface area (Å²) in [4.78, 5) is 32.1. The molecule has 1 aliphatic heterocycles. The predicted octanol–water partition coefficient (Wildman–Crippen LogP) is 1.82. The standard InChI is InChI=1S/C19H20N4O2.ClH/c1-12(20)17(24)19(21)16(13-8-4-3-5-9-13)22-14-10-6-7-11-15(14)23(2)18(19)25;/h3-12H,20-21H2,1-2H3;1H/t12-,19?;/m0./s1. The Morgan fingerprint density at radius 1 is 1.12 bits per heavy atom. The number of aliphatic imine (C=N–C) groups is 1. The van der Waals surface area contributed by atoms with Gasteiger partial charge in [-0.15, -0.1) is 12.4 Å². The summed E-state index contributed by atoms with van der Waals surface area (Å²) < 4.78 is 0. The van der Waals surface area contributed by atoms with Crippen molar-refractivity contribution in [2.24, 2.45) is 16.5 Å². The molecule has 4 N–H and O–H groups in total. The number of anilines is 1. The van der Waals surface area contributed by atoms with Crippen molar-refractivity contribution in [3.05, 3.63) is 60.2 Å². The number of fused-ring (bicyclic) bond motifs is 1. The van der Waals surface area contributed by atoms with Crippen molar-refractivity contribution >= 4 is 41.2 Å². The fraction of sp³-hybridized carbons (Fsp3) is 0.211. The van der Waals surface area contributed by atoms with Crippen molar-refractivity contribution in [3.63, 3.8) is 0 Å². The van der Waals surface area contributed by atoms with Crippen molar-refractivity contribution in [1.29, 1.82) is 0 Å². The van der Waals surface area contributed by atoms with Crippen LogP contribution in [-0.4, -0.2) is 36.0 Å². The van der Waals surface area contributed by atoms with Crippen LogP contribution in [0.3, 0.4) is 0 Å². The van der Waals surface area contributed by atoms with Gasteiger partial charge in [-0.25, -0.2) is 4.99 Å². The molecule has 0 radical (unpaired) electrons. The molecular weight excluding hydrogens is 352 g/mol. The number of nitrogens with two attached hydrogens (primary N) is 2. The van der Waals surface area contributed by atoms with Gasteiger partial charge in [-0.3, -0.25) is 9.59 Å². The highest BCUT2D eigenvalue weighted by Gasteiger charge is 2.51. The number of carbonyl (C=O) groups excluding carboxylic acids is 2. The third-order valence-corrected chi connectivity index (χ3v) is 4.34. The number of halogens is 1. The number of hydrogen-bond acceptors (Lipinski definition) is 5. The Kier molecular flexibility index (Phi) is 5.61. The van der Waals surface area contributed by atoms with Gasteiger partial charge in [0.15, 0.2) is 11.3 Å². The van der Waals surface area contributed by atoms with Crippen LogP contribution in [0.1, 0.15) is 12.5 Å². The van der Waals surface area contributed by atoms with Gasteiger partial charge in [-0.05, 0) is 24.6 Å². The zero-order valence-electron chi connectivity index (χ0n) is 14.5. The molecular formula is C19H21ClN4O2. The van der Waals surface area contributed by atoms with Crippen molar-refractivity contribution in [2.45, 2.75) is 18.5 Å². The monoisotopic (exact) mass is 372 g/mol. The normalized spacial score (nSPS) is 20.4. The Bertz CT molecular complexity index is 867. The maximum atomic E-state index is 13.2. The van der Waals surface area contributed by atoms with Crippen molar-refractivity contribution in [2.75, 3.05) is 11.9 Å². The number of carbonyl (C=O) groups is 2. The van der Waals surface area contributed by atoms with Crippen LogP contribution in [0.2, 0.25) is 0 Å². The van der Waals surface area contributed by atoms with E-state index in [4.69, 9.17) is 11.5 Å². The molecule has 0 aromatic heterocycles. The molecule has 2 atom stereocenters. The van der Waals surface area contributed by atoms with Crippen LogP contribution >= 0.6 is 12.4 Å². The lowest BCUT2D eigenvalue weighted by atomic mass is 9.81. The fourth-order valence-corrected chi connectivity index (χ4v) is 3.00. The topological polar surface area (TPSA) is 102 Å². The summed E-state index contributed by atoms with van der Waals surface area (Å²) >= 11 is 0. The van der Waals surface area contributed by atoms with E-state index in [1.165, 1.54) is 11.8 Å². The van der Waals surface area contributed by atoms with Crippen LogP contribution in [0.5, 0.6) is 0 Å². The van der Waals surface area contributed by atoms with Crippen LogP contribution < -0.4 is 16.4 Å². The Morgan fingerprint density at radius 2 is 1.69 bits per heavy atom. The fourth-order valence-electron chi connectivity index (χ4n) is 3.00. The van der Waals surface area contributed by atoms with Crippen molar-refractivity contribution in [1.82, 2.24) is 0 Å². The molecule has 136 valence electrons. The molecule has 3 rings (SSSR count). The smallest absolute Gasteiger partial charge is 0.260 e. The van der Waals surface area contributed by atoms with Gasteiger partial charge >= 0.3 is 0 Å². The number of amides is 1. The Morgan fingerprint density at radius 3 is 2.31 bits per heavy atom. The quantitative estimate of drug-likeness (QED) is 0.802. The maximum Gasteiger partial charge on any atom is 0.260 e. The first-order valence-corrected chi connectivity index (χ1v) is 7.98. The zero-order valence-corrected chi connectivity index (χ0v) is 15.4. The van der Waals surface area contributed by atoms with Crippen LogP contribution in [0.4, 0.5) is 11.4 Å². The first-order valence-electron chi connectivity index (χ1n) is 7.98. The summed E-state index contributed by atoms with van der Waals surface area (Å²) in [5.41, 5.74) is 12.3. The molecule has 0 saturated carbocycles. The largest absolute Gasteiger partial charge is 0.322 e. The molecule has 1 amide bonds. The van der Waals surface area contributed by atoms with Crippen molar-refractivity contribution < 1.29 is 9.59 Å². The maximum absolute atomic E-state index is 13.2. The number of Topliss-reactive ketones (excluding diaryl/α,β-unsaturated/α-hetero) is 1. The summed E-state index contributed by atoms with van der Waals surface area (Å²) in [5.74, 6) is -1.12. The lowest BCUT2D eigenvalue weighted by Crippen LogP contribution is -2.67. The molecule has 1 heterocycles. The number of likely N-dealkylation sites (N-methyl/N-ethyl adjacent to an activating group) is 1. The number of rotatable bonds is 3. The van der Waals surface area contributed by atoms with Gasteiger partial charge in [0.2, 0.25) is 0 Å². The average Bonchev–Trinajstić information content (AvgIpc) is 2.72. The molecule has 1 aliphatic rings. The van der Waals surface area contributed by atoms with E-state index >= 15 is 0 Å². The van der Waals surface area contributed by atoms with Gasteiger partial charge in [-0.1, -0.05) is 42.5 Å². The number of ketones is 1. The van der Waals surface area contributed by atoms with E-state index in [1.54, 1.807) is 49.5 Å². The van der Waals surface area contributed by atoms with Gasteiger partial charge in [0, 0.05) is 7.05 Å². The molecule has 6 nitrogen and oxygen atoms in total. The van der Waals surface area contributed by atoms with Crippen LogP contribution in [0.15, 0.2) is 59.6 Å². The lowest BCUT2D eigenvalue weighted by Gasteiger charge is -2.31. The van der Waals surface area contributed by atoms with Crippen LogP contribution in [-0.2, 0) is 9.59 Å². The Labute approximate surface area is 158 Å². The van der Waals surface area contributed by atoms with E-state index < -0.39 is 23.3 Å². The second-order valence-corrected chi connectivity index (χ2v) is 6.14. The summed E-state index contributed by atoms with van der Waals surface area (Å²) in [6, 6.07) is 15.3. The molecule has 0 aliphatic carbocycles. The minimum absolute atomic E-state index is 0. The third-order valence-electron chi connectivity index (χ3n) is 4.34. The van der Waals surface area contributed by atoms with Crippen molar-refractivity contribution in [3.8, 4) is 0 Å². The van der Waals surface area contributed by atoms with E-state index in [9.17, 15) is 9.59 Å². The molecule has 0 fully saturated rings. The average molecular weight is 373 g/mol. The van der Waals surface area contributed by atoms with E-state index in [1.807, 2.05) is 12.1 Å². The molecule has 7 heteroatoms. The van der Waals surface area contributed by atoms with E-state index in [0.29, 0.717) is 16.9 Å². The molecule has 1 unspecified atom stereocenters. The van der Waals surface area contributed by atoms with Crippen LogP contribution in [0, 0.1) is 0 Å². The molecule has 0 spiro atoms. The minimum Gasteiger partial charge on any atom is -0.322 e. The second-order valence-electron chi connectivity index (χ2n) is 6.14. The summed E-state index contributed by atoms with van der Waals surface area (Å²) in [5, 5.41) is 0. The Balaban J connectivity index is 0.00000243. The number of benzene rings is 2. The molecule has 26 heavy (non-hydrogen) atoms. The van der Waals surface area contributed by atoms with Gasteiger partial charge in [0.05, 0.1) is 23.1 Å². The van der Waals surface area contributed by atoms with Gasteiger partial charge in [0.1, 0.15) is 0 Å².